The van der Waals surface area contributed by atoms with Crippen molar-refractivity contribution in [1.82, 2.24) is 19.8 Å². The van der Waals surface area contributed by atoms with Crippen LogP contribution in [0.2, 0.25) is 0 Å². The maximum absolute atomic E-state index is 10.7. The Hall–Kier alpha value is -2.41. The Kier molecular flexibility index (Phi) is 3.37. The van der Waals surface area contributed by atoms with Gasteiger partial charge in [-0.3, -0.25) is 0 Å². The molecule has 0 saturated heterocycles. The van der Waals surface area contributed by atoms with E-state index in [-0.39, 0.29) is 0 Å². The fraction of sp³-hybridized carbons (Fsp3) is 0.400. The molecule has 2 N–H and O–H groups in total. The van der Waals surface area contributed by atoms with Gasteiger partial charge in [-0.25, -0.2) is 0 Å². The molecule has 0 aliphatic carbocycles. The molecule has 0 aromatic carbocycles. The minimum atomic E-state index is -1.05. The van der Waals surface area contributed by atoms with E-state index in [1.807, 2.05) is 39.0 Å². The number of furan rings is 1. The van der Waals surface area contributed by atoms with Crippen LogP contribution in [0.4, 0.5) is 5.82 Å². The van der Waals surface area contributed by atoms with Gasteiger partial charge in [-0.1, -0.05) is 0 Å². The van der Waals surface area contributed by atoms with Crippen LogP contribution in [0.3, 0.4) is 0 Å². The van der Waals surface area contributed by atoms with Gasteiger partial charge in [0.15, 0.2) is 11.5 Å². The summed E-state index contributed by atoms with van der Waals surface area (Å²) in [6.45, 7) is 7.61. The van der Waals surface area contributed by atoms with Crippen molar-refractivity contribution in [3.05, 3.63) is 41.1 Å². The Morgan fingerprint density at radius 1 is 1.27 bits per heavy atom. The van der Waals surface area contributed by atoms with Crippen LogP contribution in [0.5, 0.6) is 0 Å². The fourth-order valence-electron chi connectivity index (χ4n) is 2.51. The first-order valence-corrected chi connectivity index (χ1v) is 7.10. The lowest BCUT2D eigenvalue weighted by Crippen LogP contribution is -2.31. The molecular weight excluding hydrogens is 282 g/mol. The van der Waals surface area contributed by atoms with Crippen molar-refractivity contribution in [1.29, 1.82) is 0 Å². The van der Waals surface area contributed by atoms with Crippen LogP contribution in [0.25, 0.3) is 5.65 Å². The van der Waals surface area contributed by atoms with Crippen molar-refractivity contribution in [3.63, 3.8) is 0 Å². The molecule has 0 amide bonds. The van der Waals surface area contributed by atoms with Crippen molar-refractivity contribution >= 4 is 11.5 Å². The van der Waals surface area contributed by atoms with Crippen molar-refractivity contribution in [3.8, 4) is 0 Å². The molecule has 7 heteroatoms. The van der Waals surface area contributed by atoms with Crippen LogP contribution in [-0.2, 0) is 5.60 Å². The van der Waals surface area contributed by atoms with E-state index in [0.717, 1.165) is 17.1 Å². The van der Waals surface area contributed by atoms with Crippen LogP contribution >= 0.6 is 0 Å². The standard InChI is InChI=1S/C15H19N5O2/c1-9-7-12(10(2)22-9)15(4,21)8-16-13-5-6-14-18-17-11(3)20(14)19-13/h5-7,21H,8H2,1-4H3,(H,16,19). The summed E-state index contributed by atoms with van der Waals surface area (Å²) in [4.78, 5) is 0. The molecule has 0 bridgehead atoms. The van der Waals surface area contributed by atoms with E-state index >= 15 is 0 Å². The van der Waals surface area contributed by atoms with Gasteiger partial charge < -0.3 is 14.8 Å². The summed E-state index contributed by atoms with van der Waals surface area (Å²) in [5.74, 6) is 2.87. The summed E-state index contributed by atoms with van der Waals surface area (Å²) in [7, 11) is 0. The minimum Gasteiger partial charge on any atom is -0.466 e. The predicted octanol–water partition coefficient (Wildman–Crippen LogP) is 1.96. The third-order valence-corrected chi connectivity index (χ3v) is 3.65. The van der Waals surface area contributed by atoms with Crippen LogP contribution in [0, 0.1) is 20.8 Å². The Morgan fingerprint density at radius 3 is 2.73 bits per heavy atom. The zero-order valence-corrected chi connectivity index (χ0v) is 13.1. The van der Waals surface area contributed by atoms with Gasteiger partial charge >= 0.3 is 0 Å². The molecule has 0 aliphatic heterocycles. The van der Waals surface area contributed by atoms with Crippen LogP contribution in [0.15, 0.2) is 22.6 Å². The highest BCUT2D eigenvalue weighted by Gasteiger charge is 2.27. The monoisotopic (exact) mass is 301 g/mol. The number of aryl methyl sites for hydroxylation is 3. The Labute approximate surface area is 128 Å². The number of aliphatic hydroxyl groups is 1. The molecule has 0 spiro atoms. The third-order valence-electron chi connectivity index (χ3n) is 3.65. The number of aromatic nitrogens is 4. The molecule has 22 heavy (non-hydrogen) atoms. The number of nitrogens with one attached hydrogen (secondary N) is 1. The average Bonchev–Trinajstić information content (AvgIpc) is 3.00. The number of hydrogen-bond donors (Lipinski definition) is 2. The summed E-state index contributed by atoms with van der Waals surface area (Å²) < 4.78 is 7.15. The molecule has 0 radical (unpaired) electrons. The molecule has 0 saturated carbocycles. The number of nitrogens with zero attached hydrogens (tertiary/aromatic N) is 4. The van der Waals surface area contributed by atoms with Gasteiger partial charge in [0.1, 0.15) is 22.9 Å². The quantitative estimate of drug-likeness (QED) is 0.766. The topological polar surface area (TPSA) is 88.5 Å². The molecule has 3 aromatic heterocycles. The molecule has 3 aromatic rings. The number of fused-ring (bicyclic) bond motifs is 1. The highest BCUT2D eigenvalue weighted by atomic mass is 16.3. The summed E-state index contributed by atoms with van der Waals surface area (Å²) in [6.07, 6.45) is 0. The first-order chi connectivity index (χ1) is 10.4. The van der Waals surface area contributed by atoms with Crippen molar-refractivity contribution in [2.45, 2.75) is 33.3 Å². The molecule has 1 atom stereocenters. The number of hydrogen-bond acceptors (Lipinski definition) is 6. The minimum absolute atomic E-state index is 0.312. The largest absolute Gasteiger partial charge is 0.466 e. The van der Waals surface area contributed by atoms with E-state index in [2.05, 4.69) is 20.6 Å². The summed E-state index contributed by atoms with van der Waals surface area (Å²) in [6, 6.07) is 5.50. The molecule has 7 nitrogen and oxygen atoms in total. The van der Waals surface area contributed by atoms with E-state index in [1.54, 1.807) is 11.4 Å². The molecule has 116 valence electrons. The lowest BCUT2D eigenvalue weighted by molar-refractivity contribution is 0.0698. The molecule has 1 unspecified atom stereocenters. The van der Waals surface area contributed by atoms with E-state index in [4.69, 9.17) is 4.42 Å². The molecular formula is C15H19N5O2. The maximum Gasteiger partial charge on any atom is 0.178 e. The number of anilines is 1. The number of rotatable bonds is 4. The highest BCUT2D eigenvalue weighted by molar-refractivity contribution is 5.44. The molecule has 0 aliphatic rings. The first kappa shape index (κ1) is 14.5. The van der Waals surface area contributed by atoms with Crippen molar-refractivity contribution < 1.29 is 9.52 Å². The Bertz CT molecular complexity index is 819. The van der Waals surface area contributed by atoms with Crippen LogP contribution in [-0.4, -0.2) is 31.5 Å². The maximum atomic E-state index is 10.7. The van der Waals surface area contributed by atoms with Gasteiger partial charge in [0.25, 0.3) is 0 Å². The second kappa shape index (κ2) is 5.10. The Balaban J connectivity index is 1.80. The highest BCUT2D eigenvalue weighted by Crippen LogP contribution is 2.27. The second-order valence-corrected chi connectivity index (χ2v) is 5.69. The van der Waals surface area contributed by atoms with Crippen LogP contribution < -0.4 is 5.32 Å². The molecule has 0 fully saturated rings. The lowest BCUT2D eigenvalue weighted by atomic mass is 9.96. The fourth-order valence-corrected chi connectivity index (χ4v) is 2.51. The Morgan fingerprint density at radius 2 is 2.05 bits per heavy atom. The first-order valence-electron chi connectivity index (χ1n) is 7.10. The smallest absolute Gasteiger partial charge is 0.178 e. The van der Waals surface area contributed by atoms with Crippen molar-refractivity contribution in [2.24, 2.45) is 0 Å². The van der Waals surface area contributed by atoms with E-state index in [9.17, 15) is 5.11 Å². The predicted molar refractivity (Wildman–Crippen MR) is 81.8 cm³/mol. The van der Waals surface area contributed by atoms with Gasteiger partial charge in [-0.2, -0.15) is 4.52 Å². The van der Waals surface area contributed by atoms with Gasteiger partial charge in [0.2, 0.25) is 0 Å². The zero-order valence-electron chi connectivity index (χ0n) is 13.1. The van der Waals surface area contributed by atoms with E-state index < -0.39 is 5.60 Å². The third kappa shape index (κ3) is 2.55. The van der Waals surface area contributed by atoms with Gasteiger partial charge in [0.05, 0.1) is 0 Å². The van der Waals surface area contributed by atoms with E-state index in [1.165, 1.54) is 0 Å². The summed E-state index contributed by atoms with van der Waals surface area (Å²) in [5.41, 5.74) is 0.413. The van der Waals surface area contributed by atoms with E-state index in [0.29, 0.717) is 23.8 Å². The second-order valence-electron chi connectivity index (χ2n) is 5.69. The van der Waals surface area contributed by atoms with Gasteiger partial charge in [0, 0.05) is 12.1 Å². The molecule has 3 heterocycles. The summed E-state index contributed by atoms with van der Waals surface area (Å²) in [5, 5.41) is 26.2. The zero-order chi connectivity index (χ0) is 15.9. The summed E-state index contributed by atoms with van der Waals surface area (Å²) >= 11 is 0. The normalized spacial score (nSPS) is 14.2. The molecule has 3 rings (SSSR count). The average molecular weight is 301 g/mol. The van der Waals surface area contributed by atoms with Crippen molar-refractivity contribution in [2.75, 3.05) is 11.9 Å². The van der Waals surface area contributed by atoms with Gasteiger partial charge in [-0.15, -0.1) is 15.3 Å². The SMILES string of the molecule is Cc1cc(C(C)(O)CNc2ccc3nnc(C)n3n2)c(C)o1. The lowest BCUT2D eigenvalue weighted by Gasteiger charge is -2.23. The van der Waals surface area contributed by atoms with Gasteiger partial charge in [-0.05, 0) is 45.9 Å². The van der Waals surface area contributed by atoms with Crippen LogP contribution in [0.1, 0.15) is 29.8 Å².